The first-order valence-electron chi connectivity index (χ1n) is 8.24. The lowest BCUT2D eigenvalue weighted by Crippen LogP contribution is -2.69. The Kier molecular flexibility index (Phi) is 4.96. The molecule has 11 heteroatoms. The molecule has 0 spiro atoms. The lowest BCUT2D eigenvalue weighted by molar-refractivity contribution is -0.488. The summed E-state index contributed by atoms with van der Waals surface area (Å²) in [5, 5.41) is 0. The highest BCUT2D eigenvalue weighted by molar-refractivity contribution is 5.74. The molecule has 1 saturated heterocycles. The summed E-state index contributed by atoms with van der Waals surface area (Å²) >= 11 is 0. The maximum Gasteiger partial charge on any atom is 0.462 e. The van der Waals surface area contributed by atoms with E-state index >= 15 is 0 Å². The molecule has 2 bridgehead atoms. The number of esters is 2. The van der Waals surface area contributed by atoms with E-state index in [1.165, 1.54) is 0 Å². The molecular formula is C16H17F5O6. The van der Waals surface area contributed by atoms with Crippen LogP contribution in [0.15, 0.2) is 12.2 Å². The summed E-state index contributed by atoms with van der Waals surface area (Å²) in [6.07, 6.45) is -2.49. The number of fused-ring (bicyclic) bond motifs is 2. The van der Waals surface area contributed by atoms with Crippen LogP contribution >= 0.6 is 0 Å². The molecule has 0 aromatic heterocycles. The van der Waals surface area contributed by atoms with Crippen molar-refractivity contribution in [1.29, 1.82) is 0 Å². The maximum atomic E-state index is 13.9. The van der Waals surface area contributed by atoms with Crippen molar-refractivity contribution in [3.63, 3.8) is 0 Å². The lowest BCUT2D eigenvalue weighted by atomic mass is 9.94. The second kappa shape index (κ2) is 6.69. The smallest absolute Gasteiger partial charge is 0.460 e. The van der Waals surface area contributed by atoms with Crippen LogP contribution in [-0.4, -0.2) is 49.3 Å². The number of allylic oxidation sites excluding steroid dienone is 2. The molecule has 0 radical (unpaired) electrons. The Labute approximate surface area is 150 Å². The Morgan fingerprint density at radius 3 is 2.44 bits per heavy atom. The Balaban J connectivity index is 1.67. The summed E-state index contributed by atoms with van der Waals surface area (Å²) in [6, 6.07) is 0. The highest BCUT2D eigenvalue weighted by atomic mass is 19.4. The van der Waals surface area contributed by atoms with Gasteiger partial charge in [0.05, 0.1) is 5.92 Å². The Hall–Kier alpha value is -1.75. The van der Waals surface area contributed by atoms with Crippen molar-refractivity contribution in [1.82, 2.24) is 0 Å². The minimum absolute atomic E-state index is 0.00432. The number of carbonyl (C=O) groups is 2. The van der Waals surface area contributed by atoms with Gasteiger partial charge in [0.1, 0.15) is 13.2 Å². The molecule has 0 aromatic rings. The molecule has 3 aliphatic rings. The number of hydrogen-bond acceptors (Lipinski definition) is 6. The summed E-state index contributed by atoms with van der Waals surface area (Å²) in [4.78, 5) is 23.1. The molecule has 0 amide bonds. The molecule has 1 aliphatic heterocycles. The SMILES string of the molecule is CC(=O)OC1(C(F)(F)F)OC(COC(=O)C2CC3C=CC2C3)OCC1(F)F. The predicted molar refractivity (Wildman–Crippen MR) is 76.1 cm³/mol. The Bertz CT molecular complexity index is 648. The van der Waals surface area contributed by atoms with Crippen LogP contribution in [-0.2, 0) is 28.5 Å². The first-order chi connectivity index (χ1) is 12.5. The van der Waals surface area contributed by atoms with Gasteiger partial charge in [0, 0.05) is 6.92 Å². The van der Waals surface area contributed by atoms with Gasteiger partial charge in [0.25, 0.3) is 0 Å². The quantitative estimate of drug-likeness (QED) is 0.411. The average molecular weight is 400 g/mol. The third-order valence-corrected chi connectivity index (χ3v) is 4.83. The summed E-state index contributed by atoms with van der Waals surface area (Å²) in [5.74, 6) is -11.7. The normalized spacial score (nSPS) is 37.3. The number of ether oxygens (including phenoxy) is 4. The second-order valence-electron chi connectivity index (χ2n) is 6.79. The van der Waals surface area contributed by atoms with Gasteiger partial charge in [-0.2, -0.15) is 22.0 Å². The number of carbonyl (C=O) groups excluding carboxylic acids is 2. The van der Waals surface area contributed by atoms with Gasteiger partial charge in [-0.15, -0.1) is 0 Å². The largest absolute Gasteiger partial charge is 0.462 e. The van der Waals surface area contributed by atoms with E-state index in [1.807, 2.05) is 12.2 Å². The predicted octanol–water partition coefficient (Wildman–Crippen LogP) is 2.57. The Morgan fingerprint density at radius 1 is 1.22 bits per heavy atom. The van der Waals surface area contributed by atoms with Crippen LogP contribution in [0.3, 0.4) is 0 Å². The number of alkyl halides is 5. The topological polar surface area (TPSA) is 71.1 Å². The van der Waals surface area contributed by atoms with E-state index in [0.717, 1.165) is 6.42 Å². The van der Waals surface area contributed by atoms with Gasteiger partial charge in [-0.1, -0.05) is 12.2 Å². The third-order valence-electron chi connectivity index (χ3n) is 4.83. The number of halogens is 5. The zero-order chi connectivity index (χ0) is 20.0. The van der Waals surface area contributed by atoms with Gasteiger partial charge in [-0.05, 0) is 24.7 Å². The van der Waals surface area contributed by atoms with Gasteiger partial charge in [0.2, 0.25) is 0 Å². The van der Waals surface area contributed by atoms with E-state index in [0.29, 0.717) is 13.3 Å². The molecule has 0 aromatic carbocycles. The van der Waals surface area contributed by atoms with Crippen molar-refractivity contribution >= 4 is 11.9 Å². The summed E-state index contributed by atoms with van der Waals surface area (Å²) < 4.78 is 85.5. The Morgan fingerprint density at radius 2 is 1.93 bits per heavy atom. The van der Waals surface area contributed by atoms with Crippen molar-refractivity contribution in [3.8, 4) is 0 Å². The van der Waals surface area contributed by atoms with Crippen LogP contribution in [0, 0.1) is 17.8 Å². The maximum absolute atomic E-state index is 13.9. The fourth-order valence-corrected chi connectivity index (χ4v) is 3.62. The molecule has 152 valence electrons. The van der Waals surface area contributed by atoms with E-state index in [2.05, 4.69) is 14.2 Å². The summed E-state index contributed by atoms with van der Waals surface area (Å²) in [6.45, 7) is -2.02. The first kappa shape index (κ1) is 20.0. The molecule has 3 rings (SSSR count). The van der Waals surface area contributed by atoms with Gasteiger partial charge in [0.15, 0.2) is 6.29 Å². The molecular weight excluding hydrogens is 383 g/mol. The van der Waals surface area contributed by atoms with Crippen LogP contribution < -0.4 is 0 Å². The van der Waals surface area contributed by atoms with E-state index in [4.69, 9.17) is 4.74 Å². The number of hydrogen-bond donors (Lipinski definition) is 0. The average Bonchev–Trinajstić information content (AvgIpc) is 3.16. The minimum atomic E-state index is -5.75. The van der Waals surface area contributed by atoms with Crippen LogP contribution in [0.2, 0.25) is 0 Å². The summed E-state index contributed by atoms with van der Waals surface area (Å²) in [5.41, 5.74) is 0. The zero-order valence-corrected chi connectivity index (χ0v) is 14.1. The standard InChI is InChI=1S/C16H17F5O6/c1-8(22)26-15(16(19,20)21)14(17,18)7-25-12(27-15)6-24-13(23)11-5-9-2-3-10(11)4-9/h2-3,9-12H,4-7H2,1H3. The van der Waals surface area contributed by atoms with E-state index in [9.17, 15) is 31.5 Å². The first-order valence-corrected chi connectivity index (χ1v) is 8.24. The molecule has 2 aliphatic carbocycles. The van der Waals surface area contributed by atoms with Gasteiger partial charge < -0.3 is 14.2 Å². The van der Waals surface area contributed by atoms with Crippen molar-refractivity contribution in [2.24, 2.45) is 17.8 Å². The third kappa shape index (κ3) is 3.54. The molecule has 27 heavy (non-hydrogen) atoms. The second-order valence-corrected chi connectivity index (χ2v) is 6.79. The molecule has 1 saturated carbocycles. The molecule has 5 unspecified atom stereocenters. The molecule has 1 heterocycles. The van der Waals surface area contributed by atoms with Crippen LogP contribution in [0.1, 0.15) is 19.8 Å². The fraction of sp³-hybridized carbons (Fsp3) is 0.750. The molecule has 2 fully saturated rings. The monoisotopic (exact) mass is 400 g/mol. The van der Waals surface area contributed by atoms with E-state index < -0.39 is 55.2 Å². The van der Waals surface area contributed by atoms with E-state index in [1.54, 1.807) is 0 Å². The fourth-order valence-electron chi connectivity index (χ4n) is 3.62. The van der Waals surface area contributed by atoms with Crippen molar-refractivity contribution in [2.75, 3.05) is 13.2 Å². The lowest BCUT2D eigenvalue weighted by Gasteiger charge is -2.44. The molecule has 0 N–H and O–H groups in total. The van der Waals surface area contributed by atoms with E-state index in [-0.39, 0.29) is 11.8 Å². The van der Waals surface area contributed by atoms with Crippen molar-refractivity contribution < 1.29 is 50.5 Å². The summed E-state index contributed by atoms with van der Waals surface area (Å²) in [7, 11) is 0. The van der Waals surface area contributed by atoms with Gasteiger partial charge >= 0.3 is 29.8 Å². The van der Waals surface area contributed by atoms with Crippen LogP contribution in [0.4, 0.5) is 22.0 Å². The zero-order valence-electron chi connectivity index (χ0n) is 14.1. The van der Waals surface area contributed by atoms with Crippen molar-refractivity contribution in [2.45, 2.75) is 43.9 Å². The minimum Gasteiger partial charge on any atom is -0.460 e. The van der Waals surface area contributed by atoms with Crippen molar-refractivity contribution in [3.05, 3.63) is 12.2 Å². The van der Waals surface area contributed by atoms with Crippen LogP contribution in [0.5, 0.6) is 0 Å². The molecule has 6 nitrogen and oxygen atoms in total. The van der Waals surface area contributed by atoms with Gasteiger partial charge in [-0.3, -0.25) is 14.3 Å². The van der Waals surface area contributed by atoms with Crippen LogP contribution in [0.25, 0.3) is 0 Å². The molecule has 5 atom stereocenters. The highest BCUT2D eigenvalue weighted by Crippen LogP contribution is 2.49. The highest BCUT2D eigenvalue weighted by Gasteiger charge is 2.77. The number of rotatable bonds is 4. The van der Waals surface area contributed by atoms with Gasteiger partial charge in [-0.25, -0.2) is 0 Å².